The molecular formula is C41H49F4N5O2Si. The SMILES string of the molecule is CCN(c1nc(OC[C@@]23CCCN2C[C@H](F)C3)nc2c(F)c(-c3cc(O)cc4ccc(F)c(C#C[Si](C(C)C)(C(C)C)C(C)C)c34)ncc12)[C@H]1C[C@@H]1F. The zero-order chi connectivity index (χ0) is 38.0. The average Bonchev–Trinajstić information content (AvgIpc) is 3.55. The molecule has 53 heavy (non-hydrogen) atoms. The van der Waals surface area contributed by atoms with Crippen molar-refractivity contribution < 1.29 is 27.4 Å². The van der Waals surface area contributed by atoms with Gasteiger partial charge < -0.3 is 14.7 Å². The summed E-state index contributed by atoms with van der Waals surface area (Å²) < 4.78 is 68.5. The topological polar surface area (TPSA) is 74.6 Å². The fourth-order valence-corrected chi connectivity index (χ4v) is 14.7. The van der Waals surface area contributed by atoms with Gasteiger partial charge in [-0.15, -0.1) is 5.54 Å². The number of alkyl halides is 2. The summed E-state index contributed by atoms with van der Waals surface area (Å²) in [6.07, 6.45) is 1.79. The zero-order valence-electron chi connectivity index (χ0n) is 31.6. The van der Waals surface area contributed by atoms with E-state index in [9.17, 15) is 13.9 Å². The van der Waals surface area contributed by atoms with Gasteiger partial charge in [-0.25, -0.2) is 17.6 Å². The smallest absolute Gasteiger partial charge is 0.319 e. The second-order valence-electron chi connectivity index (χ2n) is 16.1. The van der Waals surface area contributed by atoms with Crippen LogP contribution in [0.3, 0.4) is 0 Å². The number of halogens is 4. The largest absolute Gasteiger partial charge is 0.508 e. The third kappa shape index (κ3) is 6.41. The number of anilines is 1. The first-order valence-electron chi connectivity index (χ1n) is 19.0. The lowest BCUT2D eigenvalue weighted by Gasteiger charge is -2.38. The molecule has 0 amide bonds. The maximum Gasteiger partial charge on any atom is 0.319 e. The van der Waals surface area contributed by atoms with Gasteiger partial charge in [-0.05, 0) is 66.5 Å². The summed E-state index contributed by atoms with van der Waals surface area (Å²) in [6.45, 7) is 16.6. The number of fused-ring (bicyclic) bond motifs is 3. The lowest BCUT2D eigenvalue weighted by molar-refractivity contribution is 0.107. The van der Waals surface area contributed by atoms with Crippen LogP contribution in [-0.4, -0.2) is 83.2 Å². The highest BCUT2D eigenvalue weighted by Gasteiger charge is 2.50. The van der Waals surface area contributed by atoms with Crippen LogP contribution in [0, 0.1) is 23.1 Å². The van der Waals surface area contributed by atoms with Crippen LogP contribution in [0.2, 0.25) is 16.6 Å². The highest BCUT2D eigenvalue weighted by Crippen LogP contribution is 2.44. The number of phenolic OH excluding ortho intramolecular Hbond substituents is 1. The van der Waals surface area contributed by atoms with Gasteiger partial charge in [0.05, 0.1) is 22.5 Å². The molecule has 7 nitrogen and oxygen atoms in total. The normalized spacial score (nSPS) is 22.9. The first-order chi connectivity index (χ1) is 25.2. The molecule has 1 aliphatic carbocycles. The highest BCUT2D eigenvalue weighted by atomic mass is 28.3. The van der Waals surface area contributed by atoms with Crippen molar-refractivity contribution >= 4 is 35.6 Å². The Morgan fingerprint density at radius 2 is 1.79 bits per heavy atom. The van der Waals surface area contributed by atoms with E-state index < -0.39 is 43.6 Å². The van der Waals surface area contributed by atoms with Crippen LogP contribution in [0.5, 0.6) is 11.8 Å². The van der Waals surface area contributed by atoms with E-state index >= 15 is 8.78 Å². The van der Waals surface area contributed by atoms with Crippen molar-refractivity contribution in [3.05, 3.63) is 47.7 Å². The van der Waals surface area contributed by atoms with Gasteiger partial charge in [0, 0.05) is 43.1 Å². The Bertz CT molecular complexity index is 2100. The third-order valence-electron chi connectivity index (χ3n) is 12.1. The van der Waals surface area contributed by atoms with E-state index in [1.54, 1.807) is 11.0 Å². The summed E-state index contributed by atoms with van der Waals surface area (Å²) in [5, 5.41) is 12.0. The number of aromatic nitrogens is 3. The fourth-order valence-electron chi connectivity index (χ4n) is 9.49. The van der Waals surface area contributed by atoms with Crippen LogP contribution >= 0.6 is 0 Å². The van der Waals surface area contributed by atoms with Crippen molar-refractivity contribution in [2.75, 3.05) is 31.1 Å². The maximum atomic E-state index is 17.2. The molecular weight excluding hydrogens is 699 g/mol. The summed E-state index contributed by atoms with van der Waals surface area (Å²) in [4.78, 5) is 17.7. The quantitative estimate of drug-likeness (QED) is 0.0985. The first kappa shape index (κ1) is 37.4. The van der Waals surface area contributed by atoms with Crippen LogP contribution in [0.15, 0.2) is 30.5 Å². The summed E-state index contributed by atoms with van der Waals surface area (Å²) >= 11 is 0. The zero-order valence-corrected chi connectivity index (χ0v) is 32.6. The molecule has 4 heterocycles. The van der Waals surface area contributed by atoms with E-state index in [-0.39, 0.29) is 46.1 Å². The fraction of sp³-hybridized carbons (Fsp3) is 0.537. The summed E-state index contributed by atoms with van der Waals surface area (Å²) in [7, 11) is -2.30. The molecule has 12 heteroatoms. The standard InChI is InChI=1S/C41H49F4N5O2Si/c1-8-50(34-18-33(34)44)39-31-20-46-37(36(45)38(31)47-40(48-39)52-22-41-13-9-14-49(41)21-27(42)19-41)30-17-28(51)16-26-10-11-32(43)29(35(26)30)12-15-53(23(2)3,24(4)5)25(6)7/h10-11,16-17,20,23-25,27,33-34,51H,8-9,13-14,18-19,21-22H2,1-7H3/t27-,33+,34+,41+/m1/s1. The summed E-state index contributed by atoms with van der Waals surface area (Å²) in [5.74, 6) is 2.01. The van der Waals surface area contributed by atoms with Crippen molar-refractivity contribution in [1.29, 1.82) is 0 Å². The van der Waals surface area contributed by atoms with Crippen LogP contribution in [0.1, 0.15) is 79.7 Å². The molecule has 2 saturated heterocycles. The van der Waals surface area contributed by atoms with Gasteiger partial charge >= 0.3 is 6.01 Å². The molecule has 1 saturated carbocycles. The molecule has 2 aromatic heterocycles. The predicted octanol–water partition coefficient (Wildman–Crippen LogP) is 9.29. The Kier molecular flexibility index (Phi) is 9.90. The van der Waals surface area contributed by atoms with E-state index in [1.165, 1.54) is 24.4 Å². The molecule has 0 unspecified atom stereocenters. The highest BCUT2D eigenvalue weighted by molar-refractivity contribution is 6.90. The number of pyridine rings is 1. The van der Waals surface area contributed by atoms with Gasteiger partial charge in [-0.1, -0.05) is 53.5 Å². The minimum absolute atomic E-state index is 0.0997. The van der Waals surface area contributed by atoms with E-state index in [2.05, 4.69) is 72.9 Å². The number of hydrogen-bond acceptors (Lipinski definition) is 7. The summed E-state index contributed by atoms with van der Waals surface area (Å²) in [6, 6.07) is 5.21. The number of ether oxygens (including phenoxy) is 1. The van der Waals surface area contributed by atoms with E-state index in [4.69, 9.17) is 4.74 Å². The van der Waals surface area contributed by atoms with Crippen molar-refractivity contribution in [3.63, 3.8) is 0 Å². The number of rotatable bonds is 10. The molecule has 2 aliphatic heterocycles. The molecule has 3 fully saturated rings. The Morgan fingerprint density at radius 1 is 1.08 bits per heavy atom. The molecule has 4 atom stereocenters. The van der Waals surface area contributed by atoms with Gasteiger partial charge in [0.2, 0.25) is 0 Å². The molecule has 1 N–H and O–H groups in total. The number of hydrogen-bond donors (Lipinski definition) is 1. The number of phenols is 1. The van der Waals surface area contributed by atoms with E-state index in [0.29, 0.717) is 59.1 Å². The van der Waals surface area contributed by atoms with Crippen LogP contribution in [-0.2, 0) is 0 Å². The molecule has 0 radical (unpaired) electrons. The summed E-state index contributed by atoms with van der Waals surface area (Å²) in [5.41, 5.74) is 4.03. The van der Waals surface area contributed by atoms with Gasteiger partial charge in [0.15, 0.2) is 5.82 Å². The average molecular weight is 748 g/mol. The Morgan fingerprint density at radius 3 is 2.45 bits per heavy atom. The van der Waals surface area contributed by atoms with Crippen molar-refractivity contribution in [1.82, 2.24) is 19.9 Å². The minimum atomic E-state index is -2.30. The van der Waals surface area contributed by atoms with Gasteiger partial charge in [-0.3, -0.25) is 9.88 Å². The van der Waals surface area contributed by atoms with Crippen LogP contribution < -0.4 is 9.64 Å². The van der Waals surface area contributed by atoms with Gasteiger partial charge in [0.25, 0.3) is 0 Å². The maximum absolute atomic E-state index is 17.2. The van der Waals surface area contributed by atoms with Crippen molar-refractivity contribution in [2.24, 2.45) is 0 Å². The molecule has 0 bridgehead atoms. The molecule has 4 aromatic rings. The Balaban J connectivity index is 1.41. The van der Waals surface area contributed by atoms with E-state index in [0.717, 1.165) is 19.4 Å². The molecule has 3 aliphatic rings. The minimum Gasteiger partial charge on any atom is -0.508 e. The molecule has 7 rings (SSSR count). The number of nitrogens with zero attached hydrogens (tertiary/aromatic N) is 5. The second-order valence-corrected chi connectivity index (χ2v) is 21.7. The predicted molar refractivity (Wildman–Crippen MR) is 205 cm³/mol. The Hall–Kier alpha value is -3.95. The van der Waals surface area contributed by atoms with Gasteiger partial charge in [0.1, 0.15) is 55.6 Å². The molecule has 2 aromatic carbocycles. The van der Waals surface area contributed by atoms with Crippen LogP contribution in [0.25, 0.3) is 32.9 Å². The lowest BCUT2D eigenvalue weighted by atomic mass is 9.95. The monoisotopic (exact) mass is 747 g/mol. The number of aromatic hydroxyl groups is 1. The third-order valence-corrected chi connectivity index (χ3v) is 18.4. The van der Waals surface area contributed by atoms with E-state index in [1.807, 2.05) is 6.92 Å². The first-order valence-corrected chi connectivity index (χ1v) is 21.2. The second kappa shape index (κ2) is 14.0. The number of benzene rings is 2. The van der Waals surface area contributed by atoms with Crippen molar-refractivity contribution in [2.45, 2.75) is 115 Å². The molecule has 0 spiro atoms. The van der Waals surface area contributed by atoms with Gasteiger partial charge in [-0.2, -0.15) is 9.97 Å². The Labute approximate surface area is 310 Å². The van der Waals surface area contributed by atoms with Crippen LogP contribution in [0.4, 0.5) is 23.4 Å². The lowest BCUT2D eigenvalue weighted by Crippen LogP contribution is -2.43. The van der Waals surface area contributed by atoms with Crippen molar-refractivity contribution in [3.8, 4) is 34.5 Å². The molecule has 282 valence electrons.